The zero-order valence-electron chi connectivity index (χ0n) is 9.43. The number of unbranched alkanes of at least 4 members (excludes halogenated alkanes) is 1. The second kappa shape index (κ2) is 8.21. The summed E-state index contributed by atoms with van der Waals surface area (Å²) in [5.74, 6) is 0. The van der Waals surface area contributed by atoms with Crippen LogP contribution < -0.4 is 5.32 Å². The fourth-order valence-corrected chi connectivity index (χ4v) is 1.47. The van der Waals surface area contributed by atoms with Gasteiger partial charge in [0.05, 0.1) is 12.7 Å². The number of aliphatic hydroxyl groups is 1. The molecule has 1 rings (SSSR count). The molecular weight excluding hydrogens is 204 g/mol. The first kappa shape index (κ1) is 13.1. The van der Waals surface area contributed by atoms with E-state index in [1.165, 1.54) is 0 Å². The van der Waals surface area contributed by atoms with E-state index in [-0.39, 0.29) is 12.7 Å². The van der Waals surface area contributed by atoms with Gasteiger partial charge in [-0.1, -0.05) is 6.07 Å². The molecule has 0 aliphatic carbocycles. The van der Waals surface area contributed by atoms with Gasteiger partial charge in [-0.15, -0.1) is 0 Å². The monoisotopic (exact) mass is 223 g/mol. The molecule has 0 fully saturated rings. The van der Waals surface area contributed by atoms with Crippen molar-refractivity contribution in [3.8, 4) is 0 Å². The van der Waals surface area contributed by atoms with E-state index in [4.69, 9.17) is 0 Å². The Bertz CT molecular complexity index is 267. The van der Waals surface area contributed by atoms with Gasteiger partial charge in [-0.2, -0.15) is 0 Å². The lowest BCUT2D eigenvalue weighted by Crippen LogP contribution is -2.26. The van der Waals surface area contributed by atoms with Gasteiger partial charge in [0.15, 0.2) is 0 Å². The van der Waals surface area contributed by atoms with Crippen molar-refractivity contribution >= 4 is 0 Å². The van der Waals surface area contributed by atoms with Crippen molar-refractivity contribution in [1.82, 2.24) is 10.3 Å². The van der Waals surface area contributed by atoms with Crippen LogP contribution in [0.15, 0.2) is 24.5 Å². The van der Waals surface area contributed by atoms with E-state index in [9.17, 15) is 10.2 Å². The summed E-state index contributed by atoms with van der Waals surface area (Å²) in [5, 5.41) is 22.9. The van der Waals surface area contributed by atoms with Crippen LogP contribution in [-0.2, 0) is 11.7 Å². The Hall–Kier alpha value is -0.970. The van der Waals surface area contributed by atoms with Crippen LogP contribution in [0.1, 0.15) is 24.8 Å². The molecule has 4 heteroatoms. The number of rotatable bonds is 8. The average Bonchev–Trinajstić information content (AvgIpc) is 2.31. The Balaban J connectivity index is 2.06. The van der Waals surface area contributed by atoms with E-state index in [0.717, 1.165) is 12.0 Å². The summed E-state index contributed by atoms with van der Waals surface area (Å²) < 4.78 is 0. The lowest BCUT2D eigenvalue weighted by molar-refractivity contribution is 0.145. The lowest BCUT2D eigenvalue weighted by atomic mass is 10.1. The highest BCUT2D eigenvalue weighted by Crippen LogP contribution is 2.00. The highest BCUT2D eigenvalue weighted by Gasteiger charge is 2.03. The molecule has 2 N–H and O–H groups in total. The van der Waals surface area contributed by atoms with Crippen LogP contribution in [0.2, 0.25) is 0 Å². The molecule has 0 spiro atoms. The third-order valence-electron chi connectivity index (χ3n) is 2.36. The first-order valence-electron chi connectivity index (χ1n) is 5.68. The number of nitrogens with one attached hydrogen (secondary N) is 1. The van der Waals surface area contributed by atoms with Crippen molar-refractivity contribution in [3.63, 3.8) is 0 Å². The maximum absolute atomic E-state index is 10.2. The molecule has 89 valence electrons. The standard InChI is InChI=1S/C12H19N2O2/c15-7-2-1-5-12(16)10-14-9-11-4-3-6-13-8-11/h3-4,6,8,12,14,16H,1-2,5,7,9-10H2. The van der Waals surface area contributed by atoms with Crippen LogP contribution in [0.25, 0.3) is 0 Å². The number of aromatic nitrogens is 1. The molecule has 0 aliphatic heterocycles. The van der Waals surface area contributed by atoms with Gasteiger partial charge in [0.25, 0.3) is 0 Å². The molecule has 0 saturated heterocycles. The van der Waals surface area contributed by atoms with Crippen molar-refractivity contribution < 1.29 is 10.2 Å². The fourth-order valence-electron chi connectivity index (χ4n) is 1.47. The molecule has 1 aromatic heterocycles. The quantitative estimate of drug-likeness (QED) is 0.649. The Morgan fingerprint density at radius 3 is 3.00 bits per heavy atom. The predicted molar refractivity (Wildman–Crippen MR) is 61.4 cm³/mol. The van der Waals surface area contributed by atoms with E-state index < -0.39 is 0 Å². The summed E-state index contributed by atoms with van der Waals surface area (Å²) in [6.07, 6.45) is 5.34. The van der Waals surface area contributed by atoms with Crippen LogP contribution >= 0.6 is 0 Å². The van der Waals surface area contributed by atoms with Gasteiger partial charge in [-0.05, 0) is 30.9 Å². The molecule has 0 aromatic carbocycles. The zero-order valence-corrected chi connectivity index (χ0v) is 9.43. The fraction of sp³-hybridized carbons (Fsp3) is 0.583. The minimum atomic E-state index is -0.358. The van der Waals surface area contributed by atoms with Gasteiger partial charge in [-0.3, -0.25) is 4.98 Å². The topological polar surface area (TPSA) is 65.0 Å². The highest BCUT2D eigenvalue weighted by atomic mass is 16.3. The number of aliphatic hydroxyl groups excluding tert-OH is 1. The van der Waals surface area contributed by atoms with Crippen molar-refractivity contribution in [2.75, 3.05) is 13.2 Å². The van der Waals surface area contributed by atoms with Crippen LogP contribution in [-0.4, -0.2) is 29.3 Å². The number of pyridine rings is 1. The molecule has 1 heterocycles. The van der Waals surface area contributed by atoms with E-state index >= 15 is 0 Å². The average molecular weight is 223 g/mol. The van der Waals surface area contributed by atoms with Crippen molar-refractivity contribution in [2.45, 2.75) is 31.9 Å². The first-order valence-corrected chi connectivity index (χ1v) is 5.68. The van der Waals surface area contributed by atoms with Gasteiger partial charge in [0.1, 0.15) is 0 Å². The van der Waals surface area contributed by atoms with Gasteiger partial charge in [-0.25, -0.2) is 5.11 Å². The van der Waals surface area contributed by atoms with Gasteiger partial charge in [0, 0.05) is 25.5 Å². The summed E-state index contributed by atoms with van der Waals surface area (Å²) in [6, 6.07) is 3.88. The molecule has 0 aliphatic rings. The van der Waals surface area contributed by atoms with Crippen LogP contribution in [0.4, 0.5) is 0 Å². The van der Waals surface area contributed by atoms with E-state index in [1.807, 2.05) is 12.1 Å². The highest BCUT2D eigenvalue weighted by molar-refractivity contribution is 5.07. The van der Waals surface area contributed by atoms with Crippen molar-refractivity contribution in [3.05, 3.63) is 30.1 Å². The number of nitrogens with zero attached hydrogens (tertiary/aromatic N) is 1. The third kappa shape index (κ3) is 5.80. The zero-order chi connectivity index (χ0) is 11.6. The second-order valence-corrected chi connectivity index (χ2v) is 3.85. The Morgan fingerprint density at radius 2 is 2.31 bits per heavy atom. The minimum Gasteiger partial charge on any atom is -0.392 e. The van der Waals surface area contributed by atoms with Crippen LogP contribution in [0.5, 0.6) is 0 Å². The van der Waals surface area contributed by atoms with Crippen molar-refractivity contribution in [1.29, 1.82) is 0 Å². The number of hydrogen-bond donors (Lipinski definition) is 2. The van der Waals surface area contributed by atoms with E-state index in [0.29, 0.717) is 25.9 Å². The van der Waals surface area contributed by atoms with E-state index in [1.54, 1.807) is 12.4 Å². The normalized spacial score (nSPS) is 12.6. The maximum Gasteiger partial charge on any atom is 0.0822 e. The maximum atomic E-state index is 10.2. The molecule has 1 radical (unpaired) electrons. The summed E-state index contributed by atoms with van der Waals surface area (Å²) in [4.78, 5) is 4.01. The smallest absolute Gasteiger partial charge is 0.0822 e. The lowest BCUT2D eigenvalue weighted by Gasteiger charge is -2.11. The first-order chi connectivity index (χ1) is 7.83. The second-order valence-electron chi connectivity index (χ2n) is 3.85. The largest absolute Gasteiger partial charge is 0.392 e. The molecule has 0 saturated carbocycles. The molecule has 0 amide bonds. The van der Waals surface area contributed by atoms with Gasteiger partial charge >= 0.3 is 0 Å². The third-order valence-corrected chi connectivity index (χ3v) is 2.36. The molecular formula is C12H19N2O2. The van der Waals surface area contributed by atoms with E-state index in [2.05, 4.69) is 10.3 Å². The summed E-state index contributed by atoms with van der Waals surface area (Å²) >= 11 is 0. The molecule has 4 nitrogen and oxygen atoms in total. The number of hydrogen-bond acceptors (Lipinski definition) is 3. The summed E-state index contributed by atoms with van der Waals surface area (Å²) in [6.45, 7) is 1.23. The molecule has 16 heavy (non-hydrogen) atoms. The minimum absolute atomic E-state index is 0.0458. The molecule has 1 atom stereocenters. The molecule has 0 bridgehead atoms. The van der Waals surface area contributed by atoms with Crippen LogP contribution in [0.3, 0.4) is 0 Å². The predicted octanol–water partition coefficient (Wildman–Crippen LogP) is 1.13. The summed E-state index contributed by atoms with van der Waals surface area (Å²) in [5.41, 5.74) is 1.11. The molecule has 1 unspecified atom stereocenters. The SMILES string of the molecule is [O]CCCCC(O)CNCc1cccnc1. The Labute approximate surface area is 96.3 Å². The van der Waals surface area contributed by atoms with Crippen molar-refractivity contribution in [2.24, 2.45) is 0 Å². The Kier molecular flexibility index (Phi) is 6.72. The Morgan fingerprint density at radius 1 is 1.44 bits per heavy atom. The molecule has 1 aromatic rings. The van der Waals surface area contributed by atoms with Crippen LogP contribution in [0, 0.1) is 0 Å². The van der Waals surface area contributed by atoms with Gasteiger partial charge < -0.3 is 10.4 Å². The van der Waals surface area contributed by atoms with Gasteiger partial charge in [0.2, 0.25) is 0 Å². The summed E-state index contributed by atoms with van der Waals surface area (Å²) in [7, 11) is 0.